The summed E-state index contributed by atoms with van der Waals surface area (Å²) < 4.78 is 39.8. The van der Waals surface area contributed by atoms with Crippen molar-refractivity contribution in [3.63, 3.8) is 0 Å². The van der Waals surface area contributed by atoms with Crippen LogP contribution in [0.5, 0.6) is 0 Å². The monoisotopic (exact) mass is 282 g/mol. The van der Waals surface area contributed by atoms with Gasteiger partial charge in [-0.05, 0) is 12.1 Å². The average Bonchev–Trinajstić information content (AvgIpc) is 2.83. The third-order valence-electron chi connectivity index (χ3n) is 2.86. The first-order valence-corrected chi connectivity index (χ1v) is 5.81. The number of imidazole rings is 1. The van der Waals surface area contributed by atoms with Crippen molar-refractivity contribution in [1.29, 1.82) is 0 Å². The molecule has 2 rings (SSSR count). The van der Waals surface area contributed by atoms with E-state index in [4.69, 9.17) is 5.11 Å². The molecule has 0 unspecified atom stereocenters. The first-order valence-electron chi connectivity index (χ1n) is 5.81. The molecule has 0 spiro atoms. The van der Waals surface area contributed by atoms with Crippen LogP contribution < -0.4 is 5.46 Å². The minimum atomic E-state index is -4.80. The molecule has 20 heavy (non-hydrogen) atoms. The number of carboxylic acid groups (broad SMARTS) is 1. The smallest absolute Gasteiger partial charge is 0.434 e. The summed E-state index contributed by atoms with van der Waals surface area (Å²) in [5.74, 6) is -1.71. The molecule has 2 aromatic rings. The van der Waals surface area contributed by atoms with Crippen LogP contribution in [-0.4, -0.2) is 27.9 Å². The van der Waals surface area contributed by atoms with Crippen molar-refractivity contribution < 1.29 is 23.1 Å². The Hall–Kier alpha value is -2.25. The maximum Gasteiger partial charge on any atom is 0.434 e. The van der Waals surface area contributed by atoms with E-state index >= 15 is 0 Å². The molecule has 0 aliphatic carbocycles. The summed E-state index contributed by atoms with van der Waals surface area (Å²) in [5, 5.41) is 8.80. The number of carbonyl (C=O) groups is 1. The maximum atomic E-state index is 13.0. The van der Waals surface area contributed by atoms with Crippen LogP contribution in [0.4, 0.5) is 13.2 Å². The van der Waals surface area contributed by atoms with Crippen molar-refractivity contribution in [2.24, 2.45) is 0 Å². The molecule has 104 valence electrons. The van der Waals surface area contributed by atoms with Gasteiger partial charge in [-0.25, -0.2) is 9.78 Å². The highest BCUT2D eigenvalue weighted by atomic mass is 19.4. The van der Waals surface area contributed by atoms with Crippen molar-refractivity contribution in [3.8, 4) is 5.69 Å². The summed E-state index contributed by atoms with van der Waals surface area (Å²) in [4.78, 5) is 14.2. The van der Waals surface area contributed by atoms with Crippen LogP contribution in [0.2, 0.25) is 6.82 Å². The number of aromatic nitrogens is 2. The first-order chi connectivity index (χ1) is 9.34. The molecule has 0 atom stereocenters. The summed E-state index contributed by atoms with van der Waals surface area (Å²) in [7, 11) is 0.761. The number of aromatic carboxylic acids is 1. The van der Waals surface area contributed by atoms with Gasteiger partial charge in [0.15, 0.2) is 18.7 Å². The number of rotatable bonds is 3. The van der Waals surface area contributed by atoms with Crippen molar-refractivity contribution in [2.75, 3.05) is 0 Å². The lowest BCUT2D eigenvalue weighted by Gasteiger charge is -2.12. The van der Waals surface area contributed by atoms with Gasteiger partial charge in [0.25, 0.3) is 0 Å². The van der Waals surface area contributed by atoms with Crippen molar-refractivity contribution in [2.45, 2.75) is 13.0 Å². The fourth-order valence-electron chi connectivity index (χ4n) is 1.86. The van der Waals surface area contributed by atoms with E-state index in [1.807, 2.05) is 6.82 Å². The van der Waals surface area contributed by atoms with E-state index in [-0.39, 0.29) is 5.69 Å². The van der Waals surface area contributed by atoms with Crippen molar-refractivity contribution >= 4 is 18.7 Å². The normalized spacial score (nSPS) is 11.4. The Kier molecular flexibility index (Phi) is 3.56. The van der Waals surface area contributed by atoms with Crippen LogP contribution in [0.1, 0.15) is 16.2 Å². The molecule has 1 heterocycles. The zero-order valence-electron chi connectivity index (χ0n) is 10.5. The zero-order chi connectivity index (χ0) is 14.9. The van der Waals surface area contributed by atoms with Crippen LogP contribution in [0.3, 0.4) is 0 Å². The highest BCUT2D eigenvalue weighted by Crippen LogP contribution is 2.33. The number of benzene rings is 1. The highest BCUT2D eigenvalue weighted by molar-refractivity contribution is 6.51. The molecule has 1 aromatic heterocycles. The zero-order valence-corrected chi connectivity index (χ0v) is 10.5. The van der Waals surface area contributed by atoms with Crippen LogP contribution >= 0.6 is 0 Å². The molecule has 0 saturated heterocycles. The molecule has 0 radical (unpaired) electrons. The Bertz CT molecular complexity index is 635. The van der Waals surface area contributed by atoms with Gasteiger partial charge in [0.1, 0.15) is 6.33 Å². The molecule has 1 aromatic carbocycles. The summed E-state index contributed by atoms with van der Waals surface area (Å²) in [6.45, 7) is 1.93. The van der Waals surface area contributed by atoms with Gasteiger partial charge in [-0.15, -0.1) is 0 Å². The van der Waals surface area contributed by atoms with E-state index < -0.39 is 23.5 Å². The summed E-state index contributed by atoms with van der Waals surface area (Å²) in [6, 6.07) is 6.38. The molecule has 0 bridgehead atoms. The lowest BCUT2D eigenvalue weighted by atomic mass is 9.73. The Morgan fingerprint density at radius 2 is 1.90 bits per heavy atom. The molecule has 0 aliphatic heterocycles. The lowest BCUT2D eigenvalue weighted by Crippen LogP contribution is -2.17. The van der Waals surface area contributed by atoms with Gasteiger partial charge in [-0.3, -0.25) is 4.57 Å². The van der Waals surface area contributed by atoms with Crippen LogP contribution in [0.15, 0.2) is 30.6 Å². The standard InChI is InChI=1S/C12H10BF3N2O2/c1-13-7-2-4-8(5-3-7)18-6-17-9(11(19)20)10(18)12(14,15)16/h2-6,13H,1H3,(H,19,20). The predicted molar refractivity (Wildman–Crippen MR) is 68.2 cm³/mol. The van der Waals surface area contributed by atoms with Gasteiger partial charge in [0, 0.05) is 5.69 Å². The number of alkyl halides is 3. The highest BCUT2D eigenvalue weighted by Gasteiger charge is 2.40. The predicted octanol–water partition coefficient (Wildman–Crippen LogP) is 1.70. The number of carboxylic acids is 1. The molecule has 0 amide bonds. The van der Waals surface area contributed by atoms with E-state index in [9.17, 15) is 18.0 Å². The Morgan fingerprint density at radius 1 is 1.30 bits per heavy atom. The maximum absolute atomic E-state index is 13.0. The molecule has 0 saturated carbocycles. The Balaban J connectivity index is 2.59. The minimum absolute atomic E-state index is 0.217. The van der Waals surface area contributed by atoms with E-state index in [1.165, 1.54) is 12.1 Å². The molecule has 4 nitrogen and oxygen atoms in total. The van der Waals surface area contributed by atoms with E-state index in [2.05, 4.69) is 4.98 Å². The second kappa shape index (κ2) is 5.03. The number of hydrogen-bond acceptors (Lipinski definition) is 2. The number of nitrogens with zero attached hydrogens (tertiary/aromatic N) is 2. The van der Waals surface area contributed by atoms with Gasteiger partial charge in [-0.1, -0.05) is 24.4 Å². The van der Waals surface area contributed by atoms with Gasteiger partial charge < -0.3 is 5.11 Å². The molecule has 8 heteroatoms. The lowest BCUT2D eigenvalue weighted by molar-refractivity contribution is -0.142. The second-order valence-electron chi connectivity index (χ2n) is 4.13. The molecule has 0 aliphatic rings. The molecular weight excluding hydrogens is 272 g/mol. The van der Waals surface area contributed by atoms with Gasteiger partial charge in [0.2, 0.25) is 0 Å². The summed E-state index contributed by atoms with van der Waals surface area (Å²) in [6.07, 6.45) is -3.93. The number of halogens is 3. The first kappa shape index (κ1) is 14.2. The Morgan fingerprint density at radius 3 is 2.35 bits per heavy atom. The van der Waals surface area contributed by atoms with Crippen LogP contribution in [-0.2, 0) is 6.18 Å². The summed E-state index contributed by atoms with van der Waals surface area (Å²) in [5.41, 5.74) is -1.10. The fourth-order valence-corrected chi connectivity index (χ4v) is 1.86. The second-order valence-corrected chi connectivity index (χ2v) is 4.13. The largest absolute Gasteiger partial charge is 0.476 e. The number of hydrogen-bond donors (Lipinski definition) is 1. The van der Waals surface area contributed by atoms with Crippen LogP contribution in [0, 0.1) is 0 Å². The molecule has 1 N–H and O–H groups in total. The minimum Gasteiger partial charge on any atom is -0.476 e. The van der Waals surface area contributed by atoms with Crippen molar-refractivity contribution in [1.82, 2.24) is 9.55 Å². The summed E-state index contributed by atoms with van der Waals surface area (Å²) >= 11 is 0. The van der Waals surface area contributed by atoms with Gasteiger partial charge >= 0.3 is 12.1 Å². The SMILES string of the molecule is CBc1ccc(-n2cnc(C(=O)O)c2C(F)(F)F)cc1. The van der Waals surface area contributed by atoms with E-state index in [1.54, 1.807) is 12.1 Å². The van der Waals surface area contributed by atoms with Gasteiger partial charge in [0.05, 0.1) is 0 Å². The molecular formula is C12H10BF3N2O2. The average molecular weight is 282 g/mol. The third kappa shape index (κ3) is 2.54. The van der Waals surface area contributed by atoms with E-state index in [0.717, 1.165) is 23.6 Å². The quantitative estimate of drug-likeness (QED) is 0.872. The van der Waals surface area contributed by atoms with Crippen LogP contribution in [0.25, 0.3) is 5.69 Å². The Labute approximate surface area is 113 Å². The van der Waals surface area contributed by atoms with E-state index in [0.29, 0.717) is 0 Å². The van der Waals surface area contributed by atoms with Crippen molar-refractivity contribution in [3.05, 3.63) is 42.0 Å². The van der Waals surface area contributed by atoms with Gasteiger partial charge in [-0.2, -0.15) is 13.2 Å². The third-order valence-corrected chi connectivity index (χ3v) is 2.86. The fraction of sp³-hybridized carbons (Fsp3) is 0.167. The topological polar surface area (TPSA) is 55.1 Å². The molecule has 0 fully saturated rings.